The first-order valence-electron chi connectivity index (χ1n) is 12.6. The molecule has 0 saturated heterocycles. The lowest BCUT2D eigenvalue weighted by Crippen LogP contribution is -2.20. The van der Waals surface area contributed by atoms with Crippen LogP contribution in [0.2, 0.25) is 0 Å². The van der Waals surface area contributed by atoms with Gasteiger partial charge in [-0.3, -0.25) is 9.36 Å². The Kier molecular flexibility index (Phi) is 9.11. The molecule has 0 bridgehead atoms. The van der Waals surface area contributed by atoms with E-state index in [2.05, 4.69) is 65.8 Å². The molecule has 0 unspecified atom stereocenters. The summed E-state index contributed by atoms with van der Waals surface area (Å²) in [6, 6.07) is 21.7. The van der Waals surface area contributed by atoms with Gasteiger partial charge in [0.2, 0.25) is 5.75 Å². The summed E-state index contributed by atoms with van der Waals surface area (Å²) in [6.45, 7) is 6.55. The van der Waals surface area contributed by atoms with E-state index in [-0.39, 0.29) is 17.1 Å². The van der Waals surface area contributed by atoms with E-state index in [4.69, 9.17) is 14.2 Å². The normalized spacial score (nSPS) is 11.4. The van der Waals surface area contributed by atoms with Crippen molar-refractivity contribution in [3.8, 4) is 34.3 Å². The van der Waals surface area contributed by atoms with Crippen LogP contribution in [0.5, 0.6) is 17.2 Å². The van der Waals surface area contributed by atoms with Crippen molar-refractivity contribution in [2.24, 2.45) is 5.10 Å². The van der Waals surface area contributed by atoms with Gasteiger partial charge in [0.1, 0.15) is 0 Å². The Hall–Kier alpha value is -4.31. The molecule has 1 N–H and O–H groups in total. The van der Waals surface area contributed by atoms with Crippen molar-refractivity contribution in [1.29, 1.82) is 0 Å². The monoisotopic (exact) mass is 559 g/mol. The molecule has 0 atom stereocenters. The third-order valence-corrected chi connectivity index (χ3v) is 7.05. The van der Waals surface area contributed by atoms with Gasteiger partial charge in [0.05, 0.1) is 33.3 Å². The summed E-state index contributed by atoms with van der Waals surface area (Å²) in [5, 5.41) is 13.6. The number of carbonyl (C=O) groups excluding carboxylic acids is 1. The maximum atomic E-state index is 12.7. The fourth-order valence-corrected chi connectivity index (χ4v) is 4.79. The van der Waals surface area contributed by atoms with Crippen LogP contribution < -0.4 is 19.6 Å². The van der Waals surface area contributed by atoms with Crippen molar-refractivity contribution in [3.05, 3.63) is 77.9 Å². The van der Waals surface area contributed by atoms with Crippen LogP contribution >= 0.6 is 11.8 Å². The smallest absolute Gasteiger partial charge is 0.250 e. The number of nitrogens with one attached hydrogen (secondary N) is 1. The van der Waals surface area contributed by atoms with Gasteiger partial charge in [-0.25, -0.2) is 5.43 Å². The molecule has 1 heterocycles. The predicted octanol–water partition coefficient (Wildman–Crippen LogP) is 5.50. The Bertz CT molecular complexity index is 1480. The van der Waals surface area contributed by atoms with E-state index in [9.17, 15) is 4.79 Å². The molecule has 1 aromatic heterocycles. The second-order valence-electron chi connectivity index (χ2n) is 9.81. The molecule has 3 aromatic carbocycles. The van der Waals surface area contributed by atoms with Gasteiger partial charge in [0.25, 0.3) is 5.91 Å². The summed E-state index contributed by atoms with van der Waals surface area (Å²) in [5.41, 5.74) is 6.32. The number of rotatable bonds is 10. The summed E-state index contributed by atoms with van der Waals surface area (Å²) < 4.78 is 18.1. The molecule has 208 valence electrons. The highest BCUT2D eigenvalue weighted by atomic mass is 32.2. The molecule has 0 fully saturated rings. The minimum absolute atomic E-state index is 0.0487. The van der Waals surface area contributed by atoms with E-state index in [1.165, 1.54) is 37.8 Å². The topological polar surface area (TPSA) is 99.9 Å². The number of methoxy groups -OCH3 is 3. The summed E-state index contributed by atoms with van der Waals surface area (Å²) in [6.07, 6.45) is 1.50. The average Bonchev–Trinajstić information content (AvgIpc) is 3.39. The van der Waals surface area contributed by atoms with Gasteiger partial charge in [0.15, 0.2) is 22.5 Å². The molecule has 4 aromatic rings. The van der Waals surface area contributed by atoms with E-state index in [0.29, 0.717) is 33.8 Å². The summed E-state index contributed by atoms with van der Waals surface area (Å²) in [5.74, 6) is 1.93. The Labute approximate surface area is 238 Å². The van der Waals surface area contributed by atoms with Crippen molar-refractivity contribution >= 4 is 23.9 Å². The number of amides is 1. The number of nitrogens with zero attached hydrogens (tertiary/aromatic N) is 4. The van der Waals surface area contributed by atoms with Gasteiger partial charge in [-0.2, -0.15) is 5.10 Å². The zero-order chi connectivity index (χ0) is 28.7. The van der Waals surface area contributed by atoms with Gasteiger partial charge in [-0.15, -0.1) is 10.2 Å². The fraction of sp³-hybridized carbons (Fsp3) is 0.267. The largest absolute Gasteiger partial charge is 0.493 e. The lowest BCUT2D eigenvalue weighted by molar-refractivity contribution is -0.118. The number of hydrogen-bond donors (Lipinski definition) is 1. The van der Waals surface area contributed by atoms with Crippen LogP contribution in [0.3, 0.4) is 0 Å². The molecule has 0 radical (unpaired) electrons. The maximum Gasteiger partial charge on any atom is 0.250 e. The number of para-hydroxylation sites is 1. The molecule has 0 aliphatic rings. The van der Waals surface area contributed by atoms with Crippen LogP contribution in [0.4, 0.5) is 0 Å². The van der Waals surface area contributed by atoms with Gasteiger partial charge in [0, 0.05) is 16.8 Å². The number of ether oxygens (including phenoxy) is 3. The van der Waals surface area contributed by atoms with Crippen molar-refractivity contribution in [1.82, 2.24) is 20.2 Å². The van der Waals surface area contributed by atoms with E-state index in [1.54, 1.807) is 19.2 Å². The number of benzene rings is 3. The zero-order valence-electron chi connectivity index (χ0n) is 23.5. The van der Waals surface area contributed by atoms with Gasteiger partial charge in [-0.1, -0.05) is 75.0 Å². The Morgan fingerprint density at radius 3 is 2.25 bits per heavy atom. The van der Waals surface area contributed by atoms with Gasteiger partial charge < -0.3 is 14.2 Å². The van der Waals surface area contributed by atoms with Crippen LogP contribution in [0.15, 0.2) is 77.0 Å². The molecule has 0 aliphatic carbocycles. The molecule has 9 nitrogen and oxygen atoms in total. The minimum atomic E-state index is -0.292. The second kappa shape index (κ2) is 12.7. The predicted molar refractivity (Wildman–Crippen MR) is 158 cm³/mol. The minimum Gasteiger partial charge on any atom is -0.493 e. The van der Waals surface area contributed by atoms with Crippen molar-refractivity contribution in [2.75, 3.05) is 27.1 Å². The highest BCUT2D eigenvalue weighted by Gasteiger charge is 2.19. The molecule has 1 amide bonds. The molecule has 4 rings (SSSR count). The highest BCUT2D eigenvalue weighted by molar-refractivity contribution is 7.99. The summed E-state index contributed by atoms with van der Waals surface area (Å²) in [7, 11) is 4.61. The first-order valence-corrected chi connectivity index (χ1v) is 13.6. The Balaban J connectivity index is 1.51. The number of hydrogen-bond acceptors (Lipinski definition) is 8. The SMILES string of the molecule is COc1ccc(C=NNC(=O)CSc2nnc(-c3ccc(C(C)(C)C)cc3)n2-c2ccccc2)c(OC)c1OC. The van der Waals surface area contributed by atoms with Crippen molar-refractivity contribution in [2.45, 2.75) is 31.3 Å². The Morgan fingerprint density at radius 2 is 1.62 bits per heavy atom. The zero-order valence-corrected chi connectivity index (χ0v) is 24.3. The summed E-state index contributed by atoms with van der Waals surface area (Å²) in [4.78, 5) is 12.7. The highest BCUT2D eigenvalue weighted by Crippen LogP contribution is 2.39. The van der Waals surface area contributed by atoms with E-state index in [1.807, 2.05) is 34.9 Å². The number of hydrazone groups is 1. The molecule has 0 saturated carbocycles. The van der Waals surface area contributed by atoms with Crippen LogP contribution in [0.25, 0.3) is 17.1 Å². The first kappa shape index (κ1) is 28.7. The van der Waals surface area contributed by atoms with E-state index < -0.39 is 0 Å². The molecule has 0 spiro atoms. The van der Waals surface area contributed by atoms with Crippen LogP contribution in [-0.2, 0) is 10.2 Å². The van der Waals surface area contributed by atoms with Gasteiger partial charge >= 0.3 is 0 Å². The fourth-order valence-electron chi connectivity index (χ4n) is 4.04. The molecule has 10 heteroatoms. The van der Waals surface area contributed by atoms with Crippen molar-refractivity contribution in [3.63, 3.8) is 0 Å². The van der Waals surface area contributed by atoms with Crippen LogP contribution in [-0.4, -0.2) is 54.0 Å². The average molecular weight is 560 g/mol. The van der Waals surface area contributed by atoms with Crippen molar-refractivity contribution < 1.29 is 19.0 Å². The van der Waals surface area contributed by atoms with Gasteiger partial charge in [-0.05, 0) is 35.2 Å². The van der Waals surface area contributed by atoms with E-state index in [0.717, 1.165) is 11.3 Å². The Morgan fingerprint density at radius 1 is 0.925 bits per heavy atom. The number of carbonyl (C=O) groups is 1. The molecular formula is C30H33N5O4S. The lowest BCUT2D eigenvalue weighted by Gasteiger charge is -2.19. The standard InChI is InChI=1S/C30H33N5O4S/c1-30(2,3)22-15-12-20(13-16-22)28-33-34-29(35(28)23-10-8-7-9-11-23)40-19-25(36)32-31-18-21-14-17-24(37-4)27(39-6)26(21)38-5/h7-18H,19H2,1-6H3,(H,32,36). The summed E-state index contributed by atoms with van der Waals surface area (Å²) >= 11 is 1.28. The first-order chi connectivity index (χ1) is 19.3. The molecular weight excluding hydrogens is 526 g/mol. The van der Waals surface area contributed by atoms with Crippen LogP contribution in [0.1, 0.15) is 31.9 Å². The van der Waals surface area contributed by atoms with Crippen LogP contribution in [0, 0.1) is 0 Å². The number of aromatic nitrogens is 3. The quantitative estimate of drug-likeness (QED) is 0.156. The third kappa shape index (κ3) is 6.45. The van der Waals surface area contributed by atoms with E-state index >= 15 is 0 Å². The third-order valence-electron chi connectivity index (χ3n) is 6.12. The second-order valence-corrected chi connectivity index (χ2v) is 10.8. The maximum absolute atomic E-state index is 12.7. The number of thioether (sulfide) groups is 1. The molecule has 40 heavy (non-hydrogen) atoms. The lowest BCUT2D eigenvalue weighted by atomic mass is 9.87. The molecule has 0 aliphatic heterocycles.